The van der Waals surface area contributed by atoms with Gasteiger partial charge in [0.2, 0.25) is 0 Å². The number of nitrogens with one attached hydrogen (secondary N) is 2. The summed E-state index contributed by atoms with van der Waals surface area (Å²) < 4.78 is 0. The van der Waals surface area contributed by atoms with E-state index in [9.17, 15) is 14.4 Å². The number of hydrogen-bond acceptors (Lipinski definition) is 3. The summed E-state index contributed by atoms with van der Waals surface area (Å²) in [6, 6.07) is 16.1. The van der Waals surface area contributed by atoms with E-state index in [2.05, 4.69) is 10.6 Å². The van der Waals surface area contributed by atoms with Gasteiger partial charge in [0.15, 0.2) is 5.78 Å². The van der Waals surface area contributed by atoms with Crippen molar-refractivity contribution in [3.8, 4) is 0 Å². The van der Waals surface area contributed by atoms with Crippen LogP contribution in [0.3, 0.4) is 0 Å². The molecule has 0 unspecified atom stereocenters. The minimum atomic E-state index is -0.728. The molecule has 2 aromatic carbocycles. The Morgan fingerprint density at radius 1 is 0.870 bits per heavy atom. The lowest BCUT2D eigenvalue weighted by molar-refractivity contribution is -0.136. The Morgan fingerprint density at radius 2 is 1.52 bits per heavy atom. The van der Waals surface area contributed by atoms with Crippen molar-refractivity contribution in [2.45, 2.75) is 13.3 Å². The van der Waals surface area contributed by atoms with Crippen LogP contribution < -0.4 is 10.6 Å². The number of anilines is 1. The zero-order valence-electron chi connectivity index (χ0n) is 12.8. The predicted octanol–water partition coefficient (Wildman–Crippen LogP) is 2.19. The second-order valence-electron chi connectivity index (χ2n) is 5.08. The van der Waals surface area contributed by atoms with E-state index in [1.807, 2.05) is 30.3 Å². The first kappa shape index (κ1) is 16.4. The van der Waals surface area contributed by atoms with Crippen molar-refractivity contribution < 1.29 is 14.4 Å². The lowest BCUT2D eigenvalue weighted by Crippen LogP contribution is -2.36. The molecule has 0 spiro atoms. The van der Waals surface area contributed by atoms with Crippen molar-refractivity contribution >= 4 is 23.3 Å². The zero-order chi connectivity index (χ0) is 16.7. The second-order valence-corrected chi connectivity index (χ2v) is 5.08. The van der Waals surface area contributed by atoms with Crippen LogP contribution in [0.15, 0.2) is 54.6 Å². The van der Waals surface area contributed by atoms with Crippen LogP contribution in [0.1, 0.15) is 22.8 Å². The number of ketones is 1. The summed E-state index contributed by atoms with van der Waals surface area (Å²) in [5.41, 5.74) is 2.11. The molecule has 0 aliphatic rings. The van der Waals surface area contributed by atoms with E-state index < -0.39 is 11.8 Å². The molecule has 5 nitrogen and oxygen atoms in total. The molecule has 118 valence electrons. The van der Waals surface area contributed by atoms with Crippen LogP contribution in [0.25, 0.3) is 0 Å². The highest BCUT2D eigenvalue weighted by Gasteiger charge is 2.13. The number of Topliss-reactive ketones (excluding diaryl/α,β-unsaturated/α-hetero) is 1. The number of amides is 2. The Kier molecular flexibility index (Phi) is 5.63. The Morgan fingerprint density at radius 3 is 2.13 bits per heavy atom. The first-order chi connectivity index (χ1) is 11.1. The average molecular weight is 310 g/mol. The third-order valence-electron chi connectivity index (χ3n) is 3.30. The van der Waals surface area contributed by atoms with Crippen LogP contribution in [0.2, 0.25) is 0 Å². The van der Waals surface area contributed by atoms with Crippen LogP contribution >= 0.6 is 0 Å². The first-order valence-corrected chi connectivity index (χ1v) is 7.30. The van der Waals surface area contributed by atoms with Gasteiger partial charge >= 0.3 is 11.8 Å². The molecule has 2 N–H and O–H groups in total. The Hall–Kier alpha value is -2.95. The molecule has 0 radical (unpaired) electrons. The number of carbonyl (C=O) groups is 3. The Bertz CT molecular complexity index is 694. The highest BCUT2D eigenvalue weighted by Crippen LogP contribution is 2.09. The number of carbonyl (C=O) groups excluding carboxylic acids is 3. The van der Waals surface area contributed by atoms with Gasteiger partial charge in [-0.15, -0.1) is 0 Å². The second kappa shape index (κ2) is 7.89. The van der Waals surface area contributed by atoms with Crippen molar-refractivity contribution in [3.63, 3.8) is 0 Å². The smallest absolute Gasteiger partial charge is 0.313 e. The molecular weight excluding hydrogens is 292 g/mol. The van der Waals surface area contributed by atoms with E-state index >= 15 is 0 Å². The molecule has 23 heavy (non-hydrogen) atoms. The monoisotopic (exact) mass is 310 g/mol. The van der Waals surface area contributed by atoms with Gasteiger partial charge < -0.3 is 10.6 Å². The van der Waals surface area contributed by atoms with Gasteiger partial charge in [0, 0.05) is 17.8 Å². The van der Waals surface area contributed by atoms with Crippen LogP contribution in [0, 0.1) is 0 Å². The minimum Gasteiger partial charge on any atom is -0.347 e. The number of benzene rings is 2. The van der Waals surface area contributed by atoms with Gasteiger partial charge in [-0.2, -0.15) is 0 Å². The summed E-state index contributed by atoms with van der Waals surface area (Å²) in [7, 11) is 0. The van der Waals surface area contributed by atoms with Crippen molar-refractivity contribution in [1.29, 1.82) is 0 Å². The van der Waals surface area contributed by atoms with Gasteiger partial charge in [0.05, 0.1) is 0 Å². The fourth-order valence-corrected chi connectivity index (χ4v) is 2.02. The maximum absolute atomic E-state index is 11.8. The lowest BCUT2D eigenvalue weighted by atomic mass is 10.1. The molecule has 0 fully saturated rings. The van der Waals surface area contributed by atoms with Crippen LogP contribution in [0.4, 0.5) is 5.69 Å². The van der Waals surface area contributed by atoms with Gasteiger partial charge in [0.25, 0.3) is 0 Å². The largest absolute Gasteiger partial charge is 0.347 e. The fraction of sp³-hybridized carbons (Fsp3) is 0.167. The molecule has 0 bridgehead atoms. The molecule has 0 heterocycles. The Balaban J connectivity index is 1.80. The summed E-state index contributed by atoms with van der Waals surface area (Å²) >= 11 is 0. The average Bonchev–Trinajstić information content (AvgIpc) is 2.56. The summed E-state index contributed by atoms with van der Waals surface area (Å²) in [6.07, 6.45) is 0.660. The SMILES string of the molecule is CC(=O)c1ccc(NC(=O)C(=O)NCCc2ccccc2)cc1. The standard InChI is InChI=1S/C18H18N2O3/c1-13(21)15-7-9-16(10-8-15)20-18(23)17(22)19-12-11-14-5-3-2-4-6-14/h2-10H,11-12H2,1H3,(H,19,22)(H,20,23). The topological polar surface area (TPSA) is 75.3 Å². The van der Waals surface area contributed by atoms with E-state index in [0.29, 0.717) is 24.2 Å². The summed E-state index contributed by atoms with van der Waals surface area (Å²) in [5.74, 6) is -1.47. The van der Waals surface area contributed by atoms with Gasteiger partial charge in [-0.1, -0.05) is 30.3 Å². The predicted molar refractivity (Wildman–Crippen MR) is 88.2 cm³/mol. The number of hydrogen-bond donors (Lipinski definition) is 2. The fourth-order valence-electron chi connectivity index (χ4n) is 2.02. The third-order valence-corrected chi connectivity index (χ3v) is 3.30. The van der Waals surface area contributed by atoms with Crippen LogP contribution in [0.5, 0.6) is 0 Å². The molecule has 2 rings (SSSR count). The molecule has 2 amide bonds. The van der Waals surface area contributed by atoms with Crippen molar-refractivity contribution in [2.24, 2.45) is 0 Å². The normalized spacial score (nSPS) is 9.96. The van der Waals surface area contributed by atoms with Gasteiger partial charge in [-0.05, 0) is 43.2 Å². The number of rotatable bonds is 5. The molecule has 0 atom stereocenters. The third kappa shape index (κ3) is 5.07. The van der Waals surface area contributed by atoms with Crippen LogP contribution in [-0.4, -0.2) is 24.1 Å². The molecule has 0 saturated heterocycles. The summed E-state index contributed by atoms with van der Waals surface area (Å²) in [6.45, 7) is 1.85. The van der Waals surface area contributed by atoms with Crippen LogP contribution in [-0.2, 0) is 16.0 Å². The molecule has 0 aromatic heterocycles. The molecule has 0 saturated carbocycles. The molecule has 5 heteroatoms. The maximum Gasteiger partial charge on any atom is 0.313 e. The van der Waals surface area contributed by atoms with Gasteiger partial charge in [-0.25, -0.2) is 0 Å². The molecule has 0 aliphatic heterocycles. The van der Waals surface area contributed by atoms with E-state index in [1.54, 1.807) is 24.3 Å². The lowest BCUT2D eigenvalue weighted by Gasteiger charge is -2.07. The van der Waals surface area contributed by atoms with E-state index in [0.717, 1.165) is 5.56 Å². The van der Waals surface area contributed by atoms with E-state index in [1.165, 1.54) is 6.92 Å². The van der Waals surface area contributed by atoms with Crippen molar-refractivity contribution in [3.05, 3.63) is 65.7 Å². The highest BCUT2D eigenvalue weighted by atomic mass is 16.2. The van der Waals surface area contributed by atoms with E-state index in [-0.39, 0.29) is 5.78 Å². The van der Waals surface area contributed by atoms with Gasteiger partial charge in [-0.3, -0.25) is 14.4 Å². The summed E-state index contributed by atoms with van der Waals surface area (Å²) in [4.78, 5) is 34.7. The molecular formula is C18H18N2O3. The van der Waals surface area contributed by atoms with Gasteiger partial charge in [0.1, 0.15) is 0 Å². The quantitative estimate of drug-likeness (QED) is 0.656. The zero-order valence-corrected chi connectivity index (χ0v) is 12.8. The Labute approximate surface area is 134 Å². The van der Waals surface area contributed by atoms with E-state index in [4.69, 9.17) is 0 Å². The minimum absolute atomic E-state index is 0.0541. The first-order valence-electron chi connectivity index (χ1n) is 7.30. The highest BCUT2D eigenvalue weighted by molar-refractivity contribution is 6.39. The summed E-state index contributed by atoms with van der Waals surface area (Å²) in [5, 5.41) is 5.07. The van der Waals surface area contributed by atoms with Crippen molar-refractivity contribution in [2.75, 3.05) is 11.9 Å². The maximum atomic E-state index is 11.8. The molecule has 0 aliphatic carbocycles. The van der Waals surface area contributed by atoms with Crippen molar-refractivity contribution in [1.82, 2.24) is 5.32 Å². The molecule has 2 aromatic rings.